The van der Waals surface area contributed by atoms with Gasteiger partial charge in [-0.15, -0.1) is 0 Å². The van der Waals surface area contributed by atoms with Crippen LogP contribution in [0.15, 0.2) is 54.6 Å². The van der Waals surface area contributed by atoms with Crippen LogP contribution in [0.1, 0.15) is 22.3 Å². The third-order valence-electron chi connectivity index (χ3n) is 4.94. The maximum absolute atomic E-state index is 12.5. The second-order valence-electron chi connectivity index (χ2n) is 6.91. The van der Waals surface area contributed by atoms with Gasteiger partial charge in [0.05, 0.1) is 13.7 Å². The molecule has 0 aliphatic carbocycles. The van der Waals surface area contributed by atoms with Crippen LogP contribution in [-0.4, -0.2) is 61.4 Å². The molecule has 2 aromatic rings. The summed E-state index contributed by atoms with van der Waals surface area (Å²) in [6, 6.07) is 17.0. The molecule has 0 spiro atoms. The molecule has 1 N–H and O–H groups in total. The van der Waals surface area contributed by atoms with E-state index in [2.05, 4.69) is 22.3 Å². The molecule has 1 fully saturated rings. The van der Waals surface area contributed by atoms with Crippen molar-refractivity contribution >= 4 is 11.8 Å². The molecule has 0 unspecified atom stereocenters. The van der Waals surface area contributed by atoms with Crippen LogP contribution >= 0.6 is 0 Å². The van der Waals surface area contributed by atoms with Gasteiger partial charge >= 0.3 is 0 Å². The smallest absolute Gasteiger partial charge is 0.251 e. The summed E-state index contributed by atoms with van der Waals surface area (Å²) >= 11 is 0. The van der Waals surface area contributed by atoms with E-state index in [4.69, 9.17) is 4.74 Å². The predicted molar refractivity (Wildman–Crippen MR) is 108 cm³/mol. The summed E-state index contributed by atoms with van der Waals surface area (Å²) in [5, 5.41) is 2.72. The number of rotatable bonds is 6. The van der Waals surface area contributed by atoms with Crippen LogP contribution in [0, 0.1) is 0 Å². The molecule has 1 aliphatic rings. The molecule has 1 aliphatic heterocycles. The van der Waals surface area contributed by atoms with Gasteiger partial charge in [0.25, 0.3) is 5.91 Å². The maximum Gasteiger partial charge on any atom is 0.251 e. The highest BCUT2D eigenvalue weighted by Crippen LogP contribution is 2.14. The minimum Gasteiger partial charge on any atom is -0.497 e. The topological polar surface area (TPSA) is 61.9 Å². The first-order chi connectivity index (χ1) is 13.7. The van der Waals surface area contributed by atoms with Crippen LogP contribution in [0.5, 0.6) is 5.75 Å². The van der Waals surface area contributed by atoms with Gasteiger partial charge in [-0.25, -0.2) is 0 Å². The average Bonchev–Trinajstić information content (AvgIpc) is 2.98. The van der Waals surface area contributed by atoms with Crippen LogP contribution in [0.25, 0.3) is 0 Å². The summed E-state index contributed by atoms with van der Waals surface area (Å²) in [6.45, 7) is 4.06. The first-order valence-electron chi connectivity index (χ1n) is 9.62. The number of nitrogens with one attached hydrogen (secondary N) is 1. The van der Waals surface area contributed by atoms with Crippen molar-refractivity contribution in [1.29, 1.82) is 0 Å². The molecule has 0 aromatic heterocycles. The standard InChI is InChI=1S/C22H27N3O3/c1-28-20-10-8-18(9-11-20)17-24-12-5-13-25(15-14-24)21(26)16-23-22(27)19-6-3-2-4-7-19/h2-4,6-11H,5,12-17H2,1H3,(H,23,27). The fraction of sp³-hybridized carbons (Fsp3) is 0.364. The van der Waals surface area contributed by atoms with E-state index in [9.17, 15) is 9.59 Å². The second kappa shape index (κ2) is 9.90. The lowest BCUT2D eigenvalue weighted by Gasteiger charge is -2.22. The SMILES string of the molecule is COc1ccc(CN2CCCN(C(=O)CNC(=O)c3ccccc3)CC2)cc1. The number of hydrogen-bond acceptors (Lipinski definition) is 4. The monoisotopic (exact) mass is 381 g/mol. The minimum absolute atomic E-state index is 0.0319. The van der Waals surface area contributed by atoms with Crippen molar-refractivity contribution in [2.75, 3.05) is 39.8 Å². The number of carbonyl (C=O) groups excluding carboxylic acids is 2. The van der Waals surface area contributed by atoms with Gasteiger partial charge in [-0.05, 0) is 36.2 Å². The van der Waals surface area contributed by atoms with Crippen LogP contribution in [0.4, 0.5) is 0 Å². The first-order valence-corrected chi connectivity index (χ1v) is 9.62. The van der Waals surface area contributed by atoms with Gasteiger partial charge in [-0.2, -0.15) is 0 Å². The van der Waals surface area contributed by atoms with E-state index in [0.717, 1.165) is 38.3 Å². The van der Waals surface area contributed by atoms with E-state index >= 15 is 0 Å². The van der Waals surface area contributed by atoms with Gasteiger partial charge in [0.1, 0.15) is 5.75 Å². The van der Waals surface area contributed by atoms with Crippen molar-refractivity contribution in [3.8, 4) is 5.75 Å². The van der Waals surface area contributed by atoms with Gasteiger partial charge in [0.15, 0.2) is 0 Å². The normalized spacial score (nSPS) is 15.0. The molecule has 0 bridgehead atoms. The number of carbonyl (C=O) groups is 2. The summed E-state index contributed by atoms with van der Waals surface area (Å²) in [5.41, 5.74) is 1.80. The van der Waals surface area contributed by atoms with Crippen molar-refractivity contribution in [3.63, 3.8) is 0 Å². The van der Waals surface area contributed by atoms with Gasteiger partial charge in [0.2, 0.25) is 5.91 Å². The Bertz CT molecular complexity index is 777. The molecule has 1 saturated heterocycles. The average molecular weight is 381 g/mol. The highest BCUT2D eigenvalue weighted by atomic mass is 16.5. The Hall–Kier alpha value is -2.86. The Balaban J connectivity index is 1.46. The van der Waals surface area contributed by atoms with Crippen molar-refractivity contribution in [2.45, 2.75) is 13.0 Å². The largest absolute Gasteiger partial charge is 0.497 e. The summed E-state index contributed by atoms with van der Waals surface area (Å²) in [7, 11) is 1.66. The molecule has 2 amide bonds. The molecule has 3 rings (SSSR count). The van der Waals surface area contributed by atoms with Crippen LogP contribution in [-0.2, 0) is 11.3 Å². The number of nitrogens with zero attached hydrogens (tertiary/aromatic N) is 2. The van der Waals surface area contributed by atoms with Crippen molar-refractivity contribution < 1.29 is 14.3 Å². The fourth-order valence-corrected chi connectivity index (χ4v) is 3.33. The highest BCUT2D eigenvalue weighted by molar-refractivity contribution is 5.96. The molecule has 28 heavy (non-hydrogen) atoms. The van der Waals surface area contributed by atoms with E-state index in [1.165, 1.54) is 5.56 Å². The Morgan fingerprint density at radius 1 is 0.964 bits per heavy atom. The maximum atomic E-state index is 12.5. The molecule has 0 atom stereocenters. The molecule has 1 heterocycles. The molecular formula is C22H27N3O3. The molecule has 0 saturated carbocycles. The Kier molecular flexibility index (Phi) is 7.03. The van der Waals surface area contributed by atoms with Gasteiger partial charge in [0, 0.05) is 38.3 Å². The Morgan fingerprint density at radius 3 is 2.43 bits per heavy atom. The van der Waals surface area contributed by atoms with Crippen LogP contribution < -0.4 is 10.1 Å². The molecule has 6 nitrogen and oxygen atoms in total. The molecular weight excluding hydrogens is 354 g/mol. The molecule has 0 radical (unpaired) electrons. The van der Waals surface area contributed by atoms with Crippen molar-refractivity contribution in [3.05, 3.63) is 65.7 Å². The van der Waals surface area contributed by atoms with Crippen molar-refractivity contribution in [1.82, 2.24) is 15.1 Å². The zero-order chi connectivity index (χ0) is 19.8. The zero-order valence-electron chi connectivity index (χ0n) is 16.3. The fourth-order valence-electron chi connectivity index (χ4n) is 3.33. The summed E-state index contributed by atoms with van der Waals surface area (Å²) in [4.78, 5) is 28.8. The number of benzene rings is 2. The summed E-state index contributed by atoms with van der Waals surface area (Å²) in [6.07, 6.45) is 0.925. The van der Waals surface area contributed by atoms with E-state index in [0.29, 0.717) is 12.1 Å². The lowest BCUT2D eigenvalue weighted by molar-refractivity contribution is -0.130. The lowest BCUT2D eigenvalue weighted by atomic mass is 10.2. The van der Waals surface area contributed by atoms with Crippen molar-refractivity contribution in [2.24, 2.45) is 0 Å². The van der Waals surface area contributed by atoms with E-state index in [-0.39, 0.29) is 18.4 Å². The number of methoxy groups -OCH3 is 1. The second-order valence-corrected chi connectivity index (χ2v) is 6.91. The third kappa shape index (κ3) is 5.57. The van der Waals surface area contributed by atoms with Crippen LogP contribution in [0.2, 0.25) is 0 Å². The summed E-state index contributed by atoms with van der Waals surface area (Å²) < 4.78 is 5.20. The minimum atomic E-state index is -0.218. The Labute approximate surface area is 166 Å². The molecule has 6 heteroatoms. The van der Waals surface area contributed by atoms with Gasteiger partial charge in [-0.3, -0.25) is 14.5 Å². The summed E-state index contributed by atoms with van der Waals surface area (Å²) in [5.74, 6) is 0.606. The quantitative estimate of drug-likeness (QED) is 0.833. The Morgan fingerprint density at radius 2 is 1.71 bits per heavy atom. The molecule has 148 valence electrons. The van der Waals surface area contributed by atoms with E-state index in [1.807, 2.05) is 35.2 Å². The number of hydrogen-bond donors (Lipinski definition) is 1. The van der Waals surface area contributed by atoms with E-state index in [1.54, 1.807) is 19.2 Å². The van der Waals surface area contributed by atoms with E-state index < -0.39 is 0 Å². The predicted octanol–water partition coefficient (Wildman–Crippen LogP) is 2.16. The zero-order valence-corrected chi connectivity index (χ0v) is 16.3. The number of amides is 2. The lowest BCUT2D eigenvalue weighted by Crippen LogP contribution is -2.42. The number of ether oxygens (including phenoxy) is 1. The molecule has 2 aromatic carbocycles. The third-order valence-corrected chi connectivity index (χ3v) is 4.94. The van der Waals surface area contributed by atoms with Crippen LogP contribution in [0.3, 0.4) is 0 Å². The van der Waals surface area contributed by atoms with Gasteiger partial charge in [-0.1, -0.05) is 30.3 Å². The van der Waals surface area contributed by atoms with Gasteiger partial charge < -0.3 is 15.0 Å². The first kappa shape index (κ1) is 19.9. The highest BCUT2D eigenvalue weighted by Gasteiger charge is 2.19.